The van der Waals surface area contributed by atoms with Crippen molar-refractivity contribution in [1.29, 1.82) is 0 Å². The number of ether oxygens (including phenoxy) is 1. The van der Waals surface area contributed by atoms with Crippen LogP contribution < -0.4 is 0 Å². The van der Waals surface area contributed by atoms with Gasteiger partial charge in [-0.3, -0.25) is 4.90 Å². The molecule has 2 rings (SSSR count). The molecule has 1 amide bonds. The van der Waals surface area contributed by atoms with Crippen molar-refractivity contribution < 1.29 is 27.8 Å². The Morgan fingerprint density at radius 1 is 1.37 bits per heavy atom. The molecule has 0 bridgehead atoms. The third-order valence-electron chi connectivity index (χ3n) is 4.29. The van der Waals surface area contributed by atoms with Crippen molar-refractivity contribution >= 4 is 6.09 Å². The molecule has 1 aliphatic heterocycles. The lowest BCUT2D eigenvalue weighted by atomic mass is 10.0. The summed E-state index contributed by atoms with van der Waals surface area (Å²) in [4.78, 5) is 13.3. The topological polar surface area (TPSA) is 49.8 Å². The number of aliphatic hydroxyl groups excluding tert-OH is 1. The van der Waals surface area contributed by atoms with Crippen LogP contribution in [0.2, 0.25) is 0 Å². The minimum atomic E-state index is -4.50. The van der Waals surface area contributed by atoms with Gasteiger partial charge in [0.1, 0.15) is 6.61 Å². The fraction of sp³-hybridized carbons (Fsp3) is 0.350. The number of carbonyl (C=O) groups excluding carboxylic acids is 1. The summed E-state index contributed by atoms with van der Waals surface area (Å²) in [7, 11) is 0. The largest absolute Gasteiger partial charge is 0.447 e. The lowest BCUT2D eigenvalue weighted by Gasteiger charge is -2.26. The smallest absolute Gasteiger partial charge is 0.414 e. The maximum atomic E-state index is 12.9. The van der Waals surface area contributed by atoms with Crippen LogP contribution >= 0.6 is 0 Å². The molecule has 1 aromatic carbocycles. The number of allylic oxidation sites excluding steroid dienone is 2. The molecule has 0 saturated carbocycles. The van der Waals surface area contributed by atoms with E-state index in [1.54, 1.807) is 0 Å². The van der Waals surface area contributed by atoms with Crippen LogP contribution in [0.5, 0.6) is 0 Å². The van der Waals surface area contributed by atoms with E-state index in [0.29, 0.717) is 6.42 Å². The summed E-state index contributed by atoms with van der Waals surface area (Å²) in [6.45, 7) is 7.14. The number of hydrogen-bond donors (Lipinski definition) is 1. The van der Waals surface area contributed by atoms with Gasteiger partial charge in [-0.25, -0.2) is 4.79 Å². The van der Waals surface area contributed by atoms with Gasteiger partial charge in [-0.15, -0.1) is 6.58 Å². The molecular formula is C20H22F3NO3. The Balaban J connectivity index is 2.08. The summed E-state index contributed by atoms with van der Waals surface area (Å²) in [6.07, 6.45) is -4.63. The van der Waals surface area contributed by atoms with E-state index in [2.05, 4.69) is 13.2 Å². The number of cyclic esters (lactones) is 1. The second kappa shape index (κ2) is 8.90. The lowest BCUT2D eigenvalue weighted by molar-refractivity contribution is -0.0932. The van der Waals surface area contributed by atoms with Gasteiger partial charge in [0.15, 0.2) is 0 Å². The molecule has 1 fully saturated rings. The predicted octanol–water partition coefficient (Wildman–Crippen LogP) is 4.38. The quantitative estimate of drug-likeness (QED) is 0.680. The molecule has 7 heteroatoms. The van der Waals surface area contributed by atoms with Crippen LogP contribution in [0, 0.1) is 0 Å². The monoisotopic (exact) mass is 381 g/mol. The molecule has 1 heterocycles. The van der Waals surface area contributed by atoms with Gasteiger partial charge >= 0.3 is 12.3 Å². The van der Waals surface area contributed by atoms with E-state index < -0.39 is 23.9 Å². The Labute approximate surface area is 156 Å². The van der Waals surface area contributed by atoms with Crippen molar-refractivity contribution in [3.05, 3.63) is 72.5 Å². The number of hydrogen-bond acceptors (Lipinski definition) is 3. The van der Waals surface area contributed by atoms with Crippen molar-refractivity contribution in [3.8, 4) is 0 Å². The van der Waals surface area contributed by atoms with E-state index in [1.165, 1.54) is 4.90 Å². The van der Waals surface area contributed by atoms with E-state index in [9.17, 15) is 23.1 Å². The second-order valence-corrected chi connectivity index (χ2v) is 6.25. The van der Waals surface area contributed by atoms with Crippen molar-refractivity contribution in [1.82, 2.24) is 4.90 Å². The third kappa shape index (κ3) is 5.47. The van der Waals surface area contributed by atoms with Crippen LogP contribution in [0.3, 0.4) is 0 Å². The zero-order chi connectivity index (χ0) is 20.0. The number of carbonyl (C=O) groups is 1. The molecule has 1 aliphatic rings. The molecule has 1 aromatic rings. The number of halogens is 3. The second-order valence-electron chi connectivity index (χ2n) is 6.25. The van der Waals surface area contributed by atoms with Gasteiger partial charge in [0.05, 0.1) is 12.1 Å². The number of amides is 1. The number of alkyl halides is 3. The highest BCUT2D eigenvalue weighted by molar-refractivity contribution is 5.72. The first-order chi connectivity index (χ1) is 12.7. The molecule has 146 valence electrons. The van der Waals surface area contributed by atoms with Crippen molar-refractivity contribution in [2.45, 2.75) is 37.6 Å². The summed E-state index contributed by atoms with van der Waals surface area (Å²) in [5.41, 5.74) is 0.197. The van der Waals surface area contributed by atoms with Gasteiger partial charge in [-0.1, -0.05) is 49.1 Å². The predicted molar refractivity (Wildman–Crippen MR) is 95.8 cm³/mol. The summed E-state index contributed by atoms with van der Waals surface area (Å²) < 4.78 is 43.8. The third-order valence-corrected chi connectivity index (χ3v) is 4.29. The number of aliphatic hydroxyl groups is 1. The number of nitrogens with zero attached hydrogens (tertiary/aromatic N) is 1. The van der Waals surface area contributed by atoms with Gasteiger partial charge in [-0.2, -0.15) is 13.2 Å². The maximum absolute atomic E-state index is 12.9. The molecular weight excluding hydrogens is 359 g/mol. The zero-order valence-electron chi connectivity index (χ0n) is 14.8. The lowest BCUT2D eigenvalue weighted by Crippen LogP contribution is -2.38. The van der Waals surface area contributed by atoms with Gasteiger partial charge in [-0.05, 0) is 24.8 Å². The summed E-state index contributed by atoms with van der Waals surface area (Å²) in [5, 5.41) is 10.3. The molecule has 1 saturated heterocycles. The van der Waals surface area contributed by atoms with Crippen LogP contribution in [-0.2, 0) is 11.2 Å². The molecule has 1 N–H and O–H groups in total. The van der Waals surface area contributed by atoms with Crippen LogP contribution in [0.15, 0.2) is 66.9 Å². The summed E-state index contributed by atoms with van der Waals surface area (Å²) in [5.74, 6) is 0. The zero-order valence-corrected chi connectivity index (χ0v) is 14.8. The van der Waals surface area contributed by atoms with E-state index in [1.807, 2.05) is 30.3 Å². The van der Waals surface area contributed by atoms with E-state index in [0.717, 1.165) is 17.7 Å². The highest BCUT2D eigenvalue weighted by atomic mass is 19.4. The Morgan fingerprint density at radius 2 is 2.04 bits per heavy atom. The first-order valence-corrected chi connectivity index (χ1v) is 8.48. The SMILES string of the molecule is C=CC/C(=C\C[C@H](O)C(=C)N1C(=O)OC[C@H]1Cc1ccccc1)C(F)(F)F. The van der Waals surface area contributed by atoms with Crippen molar-refractivity contribution in [2.24, 2.45) is 0 Å². The fourth-order valence-corrected chi connectivity index (χ4v) is 2.87. The minimum absolute atomic E-state index is 0.0230. The Hall–Kier alpha value is -2.54. The molecule has 4 nitrogen and oxygen atoms in total. The molecule has 2 atom stereocenters. The Morgan fingerprint density at radius 3 is 2.63 bits per heavy atom. The molecule has 0 unspecified atom stereocenters. The minimum Gasteiger partial charge on any atom is -0.447 e. The van der Waals surface area contributed by atoms with Gasteiger partial charge in [0.2, 0.25) is 0 Å². The van der Waals surface area contributed by atoms with Crippen LogP contribution in [0.25, 0.3) is 0 Å². The van der Waals surface area contributed by atoms with Gasteiger partial charge < -0.3 is 9.84 Å². The normalized spacial score (nSPS) is 19.0. The Bertz CT molecular complexity index is 713. The summed E-state index contributed by atoms with van der Waals surface area (Å²) >= 11 is 0. The van der Waals surface area contributed by atoms with Gasteiger partial charge in [0, 0.05) is 11.3 Å². The molecule has 0 radical (unpaired) electrons. The molecule has 0 aliphatic carbocycles. The van der Waals surface area contributed by atoms with Crippen LogP contribution in [-0.4, -0.2) is 41.0 Å². The average Bonchev–Trinajstić information content (AvgIpc) is 2.97. The maximum Gasteiger partial charge on any atom is 0.414 e. The number of rotatable bonds is 8. The number of benzene rings is 1. The first kappa shape index (κ1) is 20.8. The summed E-state index contributed by atoms with van der Waals surface area (Å²) in [6, 6.07) is 9.02. The van der Waals surface area contributed by atoms with E-state index >= 15 is 0 Å². The molecule has 0 spiro atoms. The fourth-order valence-electron chi connectivity index (χ4n) is 2.87. The van der Waals surface area contributed by atoms with Crippen LogP contribution in [0.1, 0.15) is 18.4 Å². The highest BCUT2D eigenvalue weighted by Crippen LogP contribution is 2.30. The molecule has 27 heavy (non-hydrogen) atoms. The Kier molecular flexibility index (Phi) is 6.85. The van der Waals surface area contributed by atoms with Crippen LogP contribution in [0.4, 0.5) is 18.0 Å². The van der Waals surface area contributed by atoms with Crippen molar-refractivity contribution in [3.63, 3.8) is 0 Å². The first-order valence-electron chi connectivity index (χ1n) is 8.48. The van der Waals surface area contributed by atoms with Gasteiger partial charge in [0.25, 0.3) is 0 Å². The van der Waals surface area contributed by atoms with Crippen molar-refractivity contribution in [2.75, 3.05) is 6.61 Å². The highest BCUT2D eigenvalue weighted by Gasteiger charge is 2.37. The molecule has 0 aromatic heterocycles. The van der Waals surface area contributed by atoms with E-state index in [4.69, 9.17) is 4.74 Å². The van der Waals surface area contributed by atoms with E-state index in [-0.39, 0.29) is 31.2 Å². The standard InChI is InChI=1S/C20H22F3NO3/c1-3-7-16(20(21,22)23)10-11-18(25)14(2)24-17(13-27-19(24)26)12-15-8-5-4-6-9-15/h3-6,8-10,17-18,25H,1-2,7,11-13H2/b16-10+/t17-,18+/m1/s1. The average molecular weight is 381 g/mol.